The molecular weight excluding hydrogens is 350 g/mol. The lowest BCUT2D eigenvalue weighted by atomic mass is 10.2. The molecule has 1 unspecified atom stereocenters. The number of aromatic nitrogens is 5. The predicted octanol–water partition coefficient (Wildman–Crippen LogP) is 1.80. The summed E-state index contributed by atoms with van der Waals surface area (Å²) in [6, 6.07) is 0. The van der Waals surface area contributed by atoms with Crippen LogP contribution in [0, 0.1) is 13.8 Å². The maximum Gasteiger partial charge on any atom is 0.348 e. The molecule has 126 valence electrons. The second kappa shape index (κ2) is 6.36. The molecule has 10 heteroatoms. The lowest BCUT2D eigenvalue weighted by molar-refractivity contribution is 0.0531. The summed E-state index contributed by atoms with van der Waals surface area (Å²) in [5, 5.41) is 8.72. The number of ether oxygens (including phenoxy) is 1. The monoisotopic (exact) mass is 365 g/mol. The van der Waals surface area contributed by atoms with Gasteiger partial charge in [0.25, 0.3) is 0 Å². The standard InChI is InChI=1S/C14H15N5O3S2/c1-5-22-13(20)10-7(2)9-11(16-8(3)17-12(9)23-10)19-6-15-18-14(19)24(4)21/h6H,5H2,1-4H3. The molecule has 24 heavy (non-hydrogen) atoms. The zero-order valence-corrected chi connectivity index (χ0v) is 15.2. The average Bonchev–Trinajstić information content (AvgIpc) is 3.12. The summed E-state index contributed by atoms with van der Waals surface area (Å²) in [7, 11) is -1.33. The number of fused-ring (bicyclic) bond motifs is 1. The highest BCUT2D eigenvalue weighted by molar-refractivity contribution is 7.84. The fourth-order valence-corrected chi connectivity index (χ4v) is 4.04. The largest absolute Gasteiger partial charge is 0.462 e. The van der Waals surface area contributed by atoms with Crippen LogP contribution in [0.2, 0.25) is 0 Å². The molecule has 3 heterocycles. The van der Waals surface area contributed by atoms with Gasteiger partial charge in [0.15, 0.2) is 5.82 Å². The molecule has 0 saturated carbocycles. The molecular formula is C14H15N5O3S2. The van der Waals surface area contributed by atoms with E-state index in [4.69, 9.17) is 4.74 Å². The first kappa shape index (κ1) is 16.7. The number of rotatable bonds is 4. The van der Waals surface area contributed by atoms with Crippen LogP contribution in [0.5, 0.6) is 0 Å². The van der Waals surface area contributed by atoms with E-state index in [9.17, 15) is 9.00 Å². The lowest BCUT2D eigenvalue weighted by Gasteiger charge is -2.07. The number of carbonyl (C=O) groups is 1. The molecule has 0 radical (unpaired) electrons. The Morgan fingerprint density at radius 1 is 1.38 bits per heavy atom. The van der Waals surface area contributed by atoms with Gasteiger partial charge in [-0.1, -0.05) is 0 Å². The minimum absolute atomic E-state index is 0.290. The maximum absolute atomic E-state index is 12.2. The van der Waals surface area contributed by atoms with Crippen molar-refractivity contribution in [3.63, 3.8) is 0 Å². The highest BCUT2D eigenvalue weighted by atomic mass is 32.2. The van der Waals surface area contributed by atoms with Gasteiger partial charge in [-0.25, -0.2) is 14.8 Å². The summed E-state index contributed by atoms with van der Waals surface area (Å²) in [4.78, 5) is 22.2. The lowest BCUT2D eigenvalue weighted by Crippen LogP contribution is -2.07. The fraction of sp³-hybridized carbons (Fsp3) is 0.357. The van der Waals surface area contributed by atoms with Crippen molar-refractivity contribution in [2.24, 2.45) is 0 Å². The maximum atomic E-state index is 12.2. The van der Waals surface area contributed by atoms with Crippen molar-refractivity contribution in [3.8, 4) is 5.82 Å². The average molecular weight is 365 g/mol. The second-order valence-corrected chi connectivity index (χ2v) is 7.26. The van der Waals surface area contributed by atoms with E-state index in [0.29, 0.717) is 33.3 Å². The van der Waals surface area contributed by atoms with E-state index < -0.39 is 10.8 Å². The van der Waals surface area contributed by atoms with Gasteiger partial charge < -0.3 is 4.74 Å². The molecule has 0 N–H and O–H groups in total. The Bertz CT molecular complexity index is 963. The number of thiophene rings is 1. The van der Waals surface area contributed by atoms with E-state index in [1.54, 1.807) is 18.4 Å². The minimum atomic E-state index is -1.33. The summed E-state index contributed by atoms with van der Waals surface area (Å²) >= 11 is 1.26. The Balaban J connectivity index is 2.30. The highest BCUT2D eigenvalue weighted by Gasteiger charge is 2.23. The van der Waals surface area contributed by atoms with Crippen molar-refractivity contribution >= 4 is 38.3 Å². The summed E-state index contributed by atoms with van der Waals surface area (Å²) in [6.07, 6.45) is 2.98. The van der Waals surface area contributed by atoms with E-state index in [1.165, 1.54) is 23.9 Å². The summed E-state index contributed by atoms with van der Waals surface area (Å²) in [5.41, 5.74) is 0.727. The molecule has 0 saturated heterocycles. The van der Waals surface area contributed by atoms with Crippen LogP contribution in [0.3, 0.4) is 0 Å². The van der Waals surface area contributed by atoms with E-state index >= 15 is 0 Å². The zero-order valence-electron chi connectivity index (χ0n) is 13.6. The van der Waals surface area contributed by atoms with Crippen molar-refractivity contribution in [2.75, 3.05) is 12.9 Å². The molecule has 0 fully saturated rings. The third-order valence-corrected chi connectivity index (χ3v) is 5.30. The van der Waals surface area contributed by atoms with E-state index in [2.05, 4.69) is 20.2 Å². The van der Waals surface area contributed by atoms with Gasteiger partial charge in [-0.15, -0.1) is 21.5 Å². The summed E-state index contributed by atoms with van der Waals surface area (Å²) in [6.45, 7) is 5.64. The molecule has 0 amide bonds. The second-order valence-electron chi connectivity index (χ2n) is 4.99. The first-order valence-electron chi connectivity index (χ1n) is 7.12. The number of esters is 1. The number of hydrogen-bond acceptors (Lipinski definition) is 8. The number of aryl methyl sites for hydroxylation is 2. The van der Waals surface area contributed by atoms with Gasteiger partial charge in [0.2, 0.25) is 5.16 Å². The van der Waals surface area contributed by atoms with Crippen molar-refractivity contribution < 1.29 is 13.7 Å². The van der Waals surface area contributed by atoms with Crippen molar-refractivity contribution in [1.29, 1.82) is 0 Å². The topological polar surface area (TPSA) is 99.9 Å². The Kier molecular flexibility index (Phi) is 4.41. The van der Waals surface area contributed by atoms with Crippen molar-refractivity contribution in [1.82, 2.24) is 24.7 Å². The van der Waals surface area contributed by atoms with Gasteiger partial charge >= 0.3 is 5.97 Å². The Hall–Kier alpha value is -2.20. The van der Waals surface area contributed by atoms with Crippen LogP contribution >= 0.6 is 11.3 Å². The molecule has 0 spiro atoms. The third-order valence-electron chi connectivity index (χ3n) is 3.35. The number of carbonyl (C=O) groups excluding carboxylic acids is 1. The van der Waals surface area contributed by atoms with Gasteiger partial charge in [-0.2, -0.15) is 0 Å². The molecule has 0 aliphatic rings. The minimum Gasteiger partial charge on any atom is -0.462 e. The van der Waals surface area contributed by atoms with E-state index in [0.717, 1.165) is 5.56 Å². The van der Waals surface area contributed by atoms with Crippen LogP contribution in [0.1, 0.15) is 28.0 Å². The van der Waals surface area contributed by atoms with E-state index in [-0.39, 0.29) is 11.1 Å². The van der Waals surface area contributed by atoms with Gasteiger partial charge in [-0.3, -0.25) is 8.78 Å². The van der Waals surface area contributed by atoms with Crippen LogP contribution in [0.4, 0.5) is 0 Å². The molecule has 0 aliphatic heterocycles. The van der Waals surface area contributed by atoms with Gasteiger partial charge in [0, 0.05) is 6.26 Å². The predicted molar refractivity (Wildman–Crippen MR) is 90.1 cm³/mol. The van der Waals surface area contributed by atoms with Crippen LogP contribution in [-0.4, -0.2) is 47.8 Å². The molecule has 8 nitrogen and oxygen atoms in total. The first-order chi connectivity index (χ1) is 11.4. The zero-order chi connectivity index (χ0) is 17.4. The summed E-state index contributed by atoms with van der Waals surface area (Å²) in [5.74, 6) is 0.664. The Morgan fingerprint density at radius 2 is 2.12 bits per heavy atom. The number of nitrogens with zero attached hydrogens (tertiary/aromatic N) is 5. The molecule has 3 aromatic rings. The Morgan fingerprint density at radius 3 is 2.79 bits per heavy atom. The van der Waals surface area contributed by atoms with Crippen molar-refractivity contribution in [3.05, 3.63) is 22.6 Å². The normalized spacial score (nSPS) is 12.5. The molecule has 0 bridgehead atoms. The third kappa shape index (κ3) is 2.71. The Labute approximate surface area is 144 Å². The summed E-state index contributed by atoms with van der Waals surface area (Å²) < 4.78 is 18.6. The SMILES string of the molecule is CCOC(=O)c1sc2nc(C)nc(-n3cnnc3S(C)=O)c2c1C. The fourth-order valence-electron chi connectivity index (χ4n) is 2.35. The molecule has 3 rings (SSSR count). The molecule has 3 aromatic heterocycles. The quantitative estimate of drug-likeness (QED) is 0.650. The van der Waals surface area contributed by atoms with Crippen LogP contribution < -0.4 is 0 Å². The van der Waals surface area contributed by atoms with Crippen LogP contribution in [0.25, 0.3) is 16.0 Å². The van der Waals surface area contributed by atoms with Gasteiger partial charge in [0.05, 0.1) is 22.8 Å². The van der Waals surface area contributed by atoms with Gasteiger partial charge in [0.1, 0.15) is 21.9 Å². The van der Waals surface area contributed by atoms with Crippen LogP contribution in [0.15, 0.2) is 11.5 Å². The molecule has 0 aromatic carbocycles. The number of hydrogen-bond donors (Lipinski definition) is 0. The molecule has 1 atom stereocenters. The highest BCUT2D eigenvalue weighted by Crippen LogP contribution is 2.34. The molecule has 0 aliphatic carbocycles. The van der Waals surface area contributed by atoms with Crippen molar-refractivity contribution in [2.45, 2.75) is 25.9 Å². The first-order valence-corrected chi connectivity index (χ1v) is 9.50. The smallest absolute Gasteiger partial charge is 0.348 e. The van der Waals surface area contributed by atoms with Gasteiger partial charge in [-0.05, 0) is 26.3 Å². The van der Waals surface area contributed by atoms with Crippen LogP contribution in [-0.2, 0) is 15.5 Å². The van der Waals surface area contributed by atoms with E-state index in [1.807, 2.05) is 6.92 Å².